The molecule has 4 nitrogen and oxygen atoms in total. The Hall–Kier alpha value is -7.08. The van der Waals surface area contributed by atoms with E-state index in [0.717, 1.165) is 33.7 Å². The second kappa shape index (κ2) is 14.0. The van der Waals surface area contributed by atoms with Crippen molar-refractivity contribution in [3.05, 3.63) is 240 Å². The van der Waals surface area contributed by atoms with E-state index < -0.39 is 5.41 Å². The first-order valence-electron chi connectivity index (χ1n) is 20.6. The lowest BCUT2D eigenvalue weighted by molar-refractivity contribution is 0.445. The van der Waals surface area contributed by atoms with Gasteiger partial charge in [0.25, 0.3) is 0 Å². The quantitative estimate of drug-likeness (QED) is 0.189. The molecule has 284 valence electrons. The number of benzene rings is 7. The summed E-state index contributed by atoms with van der Waals surface area (Å²) in [6, 6.07) is 65.7. The number of rotatable bonds is 5. The molecular formula is C55H38N4S. The molecule has 3 atom stereocenters. The van der Waals surface area contributed by atoms with Gasteiger partial charge >= 0.3 is 0 Å². The second-order valence-corrected chi connectivity index (χ2v) is 17.0. The number of amidine groups is 2. The van der Waals surface area contributed by atoms with Crippen LogP contribution in [0.1, 0.15) is 34.0 Å². The first-order chi connectivity index (χ1) is 29.8. The number of allylic oxidation sites excluding steroid dienone is 3. The summed E-state index contributed by atoms with van der Waals surface area (Å²) < 4.78 is 0. The third kappa shape index (κ3) is 5.36. The zero-order valence-electron chi connectivity index (χ0n) is 32.6. The van der Waals surface area contributed by atoms with Crippen molar-refractivity contribution in [2.75, 3.05) is 0 Å². The monoisotopic (exact) mass is 786 g/mol. The number of hydrogen-bond donors (Lipinski definition) is 1. The Morgan fingerprint density at radius 2 is 1.12 bits per heavy atom. The minimum Gasteiger partial charge on any atom is -0.325 e. The van der Waals surface area contributed by atoms with Crippen LogP contribution in [-0.4, -0.2) is 21.9 Å². The topological polar surface area (TPSA) is 49.6 Å². The molecule has 1 spiro atoms. The zero-order valence-corrected chi connectivity index (χ0v) is 33.4. The summed E-state index contributed by atoms with van der Waals surface area (Å²) in [7, 11) is 0. The highest BCUT2D eigenvalue weighted by molar-refractivity contribution is 8.00. The lowest BCUT2D eigenvalue weighted by Crippen LogP contribution is -2.48. The number of hydrogen-bond acceptors (Lipinski definition) is 5. The summed E-state index contributed by atoms with van der Waals surface area (Å²) in [6.07, 6.45) is 8.51. The number of nitrogens with one attached hydrogen (secondary N) is 1. The van der Waals surface area contributed by atoms with E-state index in [9.17, 15) is 0 Å². The van der Waals surface area contributed by atoms with E-state index in [1.54, 1.807) is 0 Å². The van der Waals surface area contributed by atoms with Crippen LogP contribution in [0.15, 0.2) is 227 Å². The predicted octanol–water partition coefficient (Wildman–Crippen LogP) is 12.6. The Kier molecular flexibility index (Phi) is 8.17. The van der Waals surface area contributed by atoms with E-state index in [-0.39, 0.29) is 17.3 Å². The molecule has 2 aliphatic heterocycles. The van der Waals surface area contributed by atoms with Crippen molar-refractivity contribution < 1.29 is 0 Å². The van der Waals surface area contributed by atoms with Crippen molar-refractivity contribution in [1.29, 1.82) is 0 Å². The molecule has 1 N–H and O–H groups in total. The van der Waals surface area contributed by atoms with E-state index in [4.69, 9.17) is 9.98 Å². The molecule has 3 unspecified atom stereocenters. The highest BCUT2D eigenvalue weighted by Gasteiger charge is 2.57. The minimum absolute atomic E-state index is 0.0307. The molecule has 5 heteroatoms. The number of aromatic nitrogens is 1. The van der Waals surface area contributed by atoms with Gasteiger partial charge in [-0.1, -0.05) is 188 Å². The van der Waals surface area contributed by atoms with Gasteiger partial charge in [0, 0.05) is 38.8 Å². The SMILES string of the molecule is C1=CC2C(Sc3c(-c4ccc(-c5cccc6ncccc56)cc4)cccc3C23c2ccccc2-c2ccccc23)C(C2=NC(c3ccccc3)N=C(c3ccccc3)N2)=C1. The fourth-order valence-corrected chi connectivity index (χ4v) is 11.8. The van der Waals surface area contributed by atoms with E-state index >= 15 is 0 Å². The number of thioether (sulfide) groups is 1. The molecule has 1 aromatic heterocycles. The van der Waals surface area contributed by atoms with Gasteiger partial charge in [-0.05, 0) is 67.8 Å². The van der Waals surface area contributed by atoms with E-state index in [1.165, 1.54) is 60.5 Å². The second-order valence-electron chi connectivity index (χ2n) is 15.8. The van der Waals surface area contributed by atoms with Crippen molar-refractivity contribution in [3.63, 3.8) is 0 Å². The van der Waals surface area contributed by atoms with Crippen LogP contribution in [0.5, 0.6) is 0 Å². The number of pyridine rings is 1. The van der Waals surface area contributed by atoms with E-state index in [1.807, 2.05) is 24.0 Å². The molecule has 0 fully saturated rings. The maximum Gasteiger partial charge on any atom is 0.169 e. The zero-order chi connectivity index (χ0) is 39.6. The van der Waals surface area contributed by atoms with E-state index in [2.05, 4.69) is 204 Å². The maximum absolute atomic E-state index is 5.44. The standard InChI is InChI=1S/C55H38N4S/c1-3-15-37(16-4-1)52-57-53(38-17-5-2-6-18-38)59-54(58-52)44-23-12-28-48-51(44)60-50-40(36-32-30-35(31-33-36)39-21-13-29-49-43(39)24-14-34-56-49)22-11-27-47(50)55(48)45-25-9-7-19-41(45)42-20-8-10-26-46(42)55/h1-34,48,51-52H,(H,57,58,59). The molecule has 0 radical (unpaired) electrons. The Morgan fingerprint density at radius 1 is 0.500 bits per heavy atom. The maximum atomic E-state index is 5.44. The lowest BCUT2D eigenvalue weighted by atomic mass is 9.60. The number of nitrogens with zero attached hydrogens (tertiary/aromatic N) is 3. The highest BCUT2D eigenvalue weighted by atomic mass is 32.2. The molecule has 0 amide bonds. The third-order valence-corrected chi connectivity index (χ3v) is 14.2. The van der Waals surface area contributed by atoms with Gasteiger partial charge < -0.3 is 5.32 Å². The molecule has 2 aliphatic carbocycles. The van der Waals surface area contributed by atoms with E-state index in [0.29, 0.717) is 0 Å². The first-order valence-corrected chi connectivity index (χ1v) is 21.5. The van der Waals surface area contributed by atoms with Crippen LogP contribution < -0.4 is 5.32 Å². The third-order valence-electron chi connectivity index (χ3n) is 12.7. The Labute approximate surface area is 353 Å². The van der Waals surface area contributed by atoms with Crippen LogP contribution in [0.2, 0.25) is 0 Å². The van der Waals surface area contributed by atoms with Crippen LogP contribution in [0.4, 0.5) is 0 Å². The molecule has 12 rings (SSSR count). The van der Waals surface area contributed by atoms with Crippen LogP contribution in [0.25, 0.3) is 44.3 Å². The molecule has 8 aromatic rings. The Balaban J connectivity index is 1.04. The molecule has 0 bridgehead atoms. The molecule has 0 saturated heterocycles. The molecular weight excluding hydrogens is 749 g/mol. The highest BCUT2D eigenvalue weighted by Crippen LogP contribution is 2.65. The largest absolute Gasteiger partial charge is 0.325 e. The van der Waals surface area contributed by atoms with Gasteiger partial charge in [0.05, 0.1) is 10.9 Å². The van der Waals surface area contributed by atoms with Crippen molar-refractivity contribution in [2.24, 2.45) is 15.9 Å². The fraction of sp³-hybridized carbons (Fsp3) is 0.0727. The van der Waals surface area contributed by atoms with Gasteiger partial charge in [-0.15, -0.1) is 11.8 Å². The summed E-state index contributed by atoms with van der Waals surface area (Å²) in [5.74, 6) is 1.79. The predicted molar refractivity (Wildman–Crippen MR) is 247 cm³/mol. The summed E-state index contributed by atoms with van der Waals surface area (Å²) in [6.45, 7) is 0. The van der Waals surface area contributed by atoms with Gasteiger partial charge in [-0.2, -0.15) is 0 Å². The first kappa shape index (κ1) is 34.9. The summed E-state index contributed by atoms with van der Waals surface area (Å²) in [5, 5.41) is 4.96. The van der Waals surface area contributed by atoms with Gasteiger partial charge in [-0.3, -0.25) is 4.98 Å². The Bertz CT molecular complexity index is 3060. The molecule has 60 heavy (non-hydrogen) atoms. The minimum atomic E-state index is -0.440. The average molecular weight is 787 g/mol. The summed E-state index contributed by atoms with van der Waals surface area (Å²) in [5.41, 5.74) is 15.3. The Morgan fingerprint density at radius 3 is 1.88 bits per heavy atom. The number of fused-ring (bicyclic) bond motifs is 10. The number of aliphatic imine (C=N–C) groups is 2. The molecule has 0 saturated carbocycles. The van der Waals surface area contributed by atoms with Gasteiger partial charge in [0.1, 0.15) is 11.7 Å². The molecule has 4 aliphatic rings. The van der Waals surface area contributed by atoms with Gasteiger partial charge in [-0.25, -0.2) is 9.98 Å². The van der Waals surface area contributed by atoms with Crippen LogP contribution in [0, 0.1) is 5.92 Å². The fourth-order valence-electron chi connectivity index (χ4n) is 10.1. The summed E-state index contributed by atoms with van der Waals surface area (Å²) >= 11 is 1.98. The van der Waals surface area contributed by atoms with Crippen LogP contribution in [0.3, 0.4) is 0 Å². The summed E-state index contributed by atoms with van der Waals surface area (Å²) in [4.78, 5) is 16.6. The normalized spacial score (nSPS) is 19.3. The van der Waals surface area contributed by atoms with Crippen molar-refractivity contribution in [1.82, 2.24) is 10.3 Å². The smallest absolute Gasteiger partial charge is 0.169 e. The lowest BCUT2D eigenvalue weighted by Gasteiger charge is -2.49. The van der Waals surface area contributed by atoms with Crippen molar-refractivity contribution in [2.45, 2.75) is 21.7 Å². The van der Waals surface area contributed by atoms with Crippen molar-refractivity contribution in [3.8, 4) is 33.4 Å². The van der Waals surface area contributed by atoms with Crippen molar-refractivity contribution >= 4 is 34.3 Å². The van der Waals surface area contributed by atoms with Gasteiger partial charge in [0.15, 0.2) is 6.17 Å². The average Bonchev–Trinajstić information content (AvgIpc) is 3.62. The van der Waals surface area contributed by atoms with Crippen LogP contribution in [-0.2, 0) is 5.41 Å². The van der Waals surface area contributed by atoms with Crippen LogP contribution >= 0.6 is 11.8 Å². The van der Waals surface area contributed by atoms with Gasteiger partial charge in [0.2, 0.25) is 0 Å². The molecule has 7 aromatic carbocycles. The molecule has 3 heterocycles.